The zero-order valence-electron chi connectivity index (χ0n) is 11.4. The lowest BCUT2D eigenvalue weighted by Gasteiger charge is -2.33. The predicted molar refractivity (Wildman–Crippen MR) is 69.8 cm³/mol. The fourth-order valence-corrected chi connectivity index (χ4v) is 2.93. The molecule has 0 aromatic heterocycles. The Morgan fingerprint density at radius 3 is 1.83 bits per heavy atom. The molecule has 0 aliphatic carbocycles. The molecule has 0 amide bonds. The van der Waals surface area contributed by atoms with E-state index in [1.54, 1.807) is 0 Å². The third kappa shape index (κ3) is 2.82. The van der Waals surface area contributed by atoms with Crippen molar-refractivity contribution >= 4 is 20.9 Å². The third-order valence-electron chi connectivity index (χ3n) is 3.34. The lowest BCUT2D eigenvalue weighted by atomic mass is 9.90. The largest absolute Gasteiger partial charge is 0.430 e. The van der Waals surface area contributed by atoms with Crippen LogP contribution < -0.4 is 0 Å². The van der Waals surface area contributed by atoms with Crippen LogP contribution in [0.25, 0.3) is 10.8 Å². The zero-order valence-corrected chi connectivity index (χ0v) is 12.2. The second kappa shape index (κ2) is 5.33. The maximum absolute atomic E-state index is 12.9. The molecule has 0 unspecified atom stereocenters. The van der Waals surface area contributed by atoms with E-state index < -0.39 is 38.5 Å². The Bertz CT molecular complexity index is 871. The maximum Gasteiger partial charge on any atom is 0.430 e. The minimum Gasteiger partial charge on any atom is -0.369 e. The maximum atomic E-state index is 12.9. The average molecular weight is 374 g/mol. The van der Waals surface area contributed by atoms with E-state index in [0.717, 1.165) is 12.1 Å². The van der Waals surface area contributed by atoms with Gasteiger partial charge in [-0.1, -0.05) is 24.3 Å². The van der Waals surface area contributed by atoms with Crippen LogP contribution in [0.1, 0.15) is 5.56 Å². The molecular weight excluding hydrogens is 366 g/mol. The van der Waals surface area contributed by atoms with Crippen molar-refractivity contribution in [3.05, 3.63) is 42.0 Å². The number of alkyl halides is 6. The van der Waals surface area contributed by atoms with Gasteiger partial charge in [-0.05, 0) is 17.5 Å². The molecule has 0 radical (unpaired) electrons. The first kappa shape index (κ1) is 18.5. The molecule has 0 saturated heterocycles. The van der Waals surface area contributed by atoms with E-state index >= 15 is 0 Å². The first-order valence-corrected chi connectivity index (χ1v) is 7.50. The molecule has 4 nitrogen and oxygen atoms in total. The normalized spacial score (nSPS) is 14.2. The SMILES string of the molecule is O=S(=O)(O)c1cc(C(O)(C(F)(F)F)C(F)(F)F)cc2ccccc12. The summed E-state index contributed by atoms with van der Waals surface area (Å²) in [7, 11) is -5.15. The van der Waals surface area contributed by atoms with Gasteiger partial charge in [-0.25, -0.2) is 0 Å². The van der Waals surface area contributed by atoms with Crippen LogP contribution in [0.3, 0.4) is 0 Å². The molecule has 11 heteroatoms. The Morgan fingerprint density at radius 2 is 1.38 bits per heavy atom. The molecule has 0 saturated carbocycles. The van der Waals surface area contributed by atoms with E-state index in [2.05, 4.69) is 0 Å². The second-order valence-electron chi connectivity index (χ2n) is 4.88. The van der Waals surface area contributed by atoms with Gasteiger partial charge in [0.05, 0.1) is 0 Å². The summed E-state index contributed by atoms with van der Waals surface area (Å²) in [6, 6.07) is 4.96. The van der Waals surface area contributed by atoms with Gasteiger partial charge in [-0.15, -0.1) is 0 Å². The number of aliphatic hydroxyl groups is 1. The monoisotopic (exact) mass is 374 g/mol. The van der Waals surface area contributed by atoms with Crippen molar-refractivity contribution in [2.24, 2.45) is 0 Å². The van der Waals surface area contributed by atoms with Crippen LogP contribution in [0.2, 0.25) is 0 Å². The van der Waals surface area contributed by atoms with Crippen molar-refractivity contribution in [2.75, 3.05) is 0 Å². The molecule has 2 aromatic rings. The number of hydrogen-bond acceptors (Lipinski definition) is 3. The van der Waals surface area contributed by atoms with Gasteiger partial charge in [-0.2, -0.15) is 34.8 Å². The Hall–Kier alpha value is -1.85. The molecule has 0 atom stereocenters. The van der Waals surface area contributed by atoms with Crippen molar-refractivity contribution < 1.29 is 44.4 Å². The molecule has 2 N–H and O–H groups in total. The van der Waals surface area contributed by atoms with E-state index in [1.807, 2.05) is 0 Å². The number of hydrogen-bond donors (Lipinski definition) is 2. The molecule has 0 aliphatic heterocycles. The summed E-state index contributed by atoms with van der Waals surface area (Å²) in [6.45, 7) is 0. The highest BCUT2D eigenvalue weighted by atomic mass is 32.2. The Balaban J connectivity index is 2.96. The van der Waals surface area contributed by atoms with Gasteiger partial charge < -0.3 is 5.11 Å². The predicted octanol–water partition coefficient (Wildman–Crippen LogP) is 3.40. The highest BCUT2D eigenvalue weighted by molar-refractivity contribution is 7.86. The fraction of sp³-hybridized carbons (Fsp3) is 0.231. The summed E-state index contributed by atoms with van der Waals surface area (Å²) in [4.78, 5) is -1.18. The summed E-state index contributed by atoms with van der Waals surface area (Å²) >= 11 is 0. The van der Waals surface area contributed by atoms with Crippen molar-refractivity contribution in [2.45, 2.75) is 22.8 Å². The number of halogens is 6. The topological polar surface area (TPSA) is 74.6 Å². The first-order valence-electron chi connectivity index (χ1n) is 6.06. The molecule has 0 fully saturated rings. The van der Waals surface area contributed by atoms with Crippen LogP contribution >= 0.6 is 0 Å². The summed E-state index contributed by atoms with van der Waals surface area (Å²) in [5.74, 6) is 0. The first-order chi connectivity index (χ1) is 10.7. The minimum atomic E-state index is -6.18. The molecule has 0 aliphatic rings. The van der Waals surface area contributed by atoms with Crippen molar-refractivity contribution in [1.82, 2.24) is 0 Å². The molecule has 0 bridgehead atoms. The van der Waals surface area contributed by atoms with Crippen LogP contribution in [0.15, 0.2) is 41.3 Å². The molecule has 132 valence electrons. The van der Waals surface area contributed by atoms with Gasteiger partial charge in [-0.3, -0.25) is 4.55 Å². The Labute approximate surface area is 131 Å². The number of benzene rings is 2. The third-order valence-corrected chi connectivity index (χ3v) is 4.23. The molecule has 2 aromatic carbocycles. The van der Waals surface area contributed by atoms with Gasteiger partial charge in [0, 0.05) is 10.9 Å². The smallest absolute Gasteiger partial charge is 0.369 e. The van der Waals surface area contributed by atoms with Crippen LogP contribution in [0.4, 0.5) is 26.3 Å². The Kier molecular flexibility index (Phi) is 4.10. The highest BCUT2D eigenvalue weighted by Crippen LogP contribution is 2.50. The van der Waals surface area contributed by atoms with E-state index in [9.17, 15) is 39.9 Å². The summed E-state index contributed by atoms with van der Waals surface area (Å²) in [5, 5.41) is 8.74. The molecule has 0 spiro atoms. The van der Waals surface area contributed by atoms with Gasteiger partial charge in [0.2, 0.25) is 0 Å². The minimum absolute atomic E-state index is 0.0430. The molecule has 2 rings (SSSR count). The molecular formula is C13H8F6O4S. The van der Waals surface area contributed by atoms with Crippen LogP contribution in [0.5, 0.6) is 0 Å². The van der Waals surface area contributed by atoms with Crippen LogP contribution in [-0.2, 0) is 15.7 Å². The standard InChI is InChI=1S/C13H8F6O4S/c14-12(15,16)11(20,13(17,18)19)8-5-7-3-1-2-4-9(7)10(6-8)24(21,22)23/h1-6,20H,(H,21,22,23). The van der Waals surface area contributed by atoms with E-state index in [1.165, 1.54) is 12.1 Å². The van der Waals surface area contributed by atoms with Gasteiger partial charge in [0.25, 0.3) is 15.7 Å². The van der Waals surface area contributed by atoms with Crippen molar-refractivity contribution in [1.29, 1.82) is 0 Å². The highest BCUT2D eigenvalue weighted by Gasteiger charge is 2.71. The van der Waals surface area contributed by atoms with Crippen molar-refractivity contribution in [3.8, 4) is 0 Å². The zero-order chi connectivity index (χ0) is 18.6. The summed E-state index contributed by atoms with van der Waals surface area (Å²) in [5.41, 5.74) is -7.07. The fourth-order valence-electron chi connectivity index (χ4n) is 2.19. The second-order valence-corrected chi connectivity index (χ2v) is 6.27. The van der Waals surface area contributed by atoms with Crippen LogP contribution in [0, 0.1) is 0 Å². The molecule has 24 heavy (non-hydrogen) atoms. The number of fused-ring (bicyclic) bond motifs is 1. The van der Waals surface area contributed by atoms with Gasteiger partial charge in [0.1, 0.15) is 4.90 Å². The summed E-state index contributed by atoms with van der Waals surface area (Å²) < 4.78 is 109. The molecule has 0 heterocycles. The Morgan fingerprint density at radius 1 is 0.875 bits per heavy atom. The number of rotatable bonds is 2. The van der Waals surface area contributed by atoms with Crippen molar-refractivity contribution in [3.63, 3.8) is 0 Å². The quantitative estimate of drug-likeness (QED) is 0.624. The van der Waals surface area contributed by atoms with Gasteiger partial charge >= 0.3 is 12.4 Å². The van der Waals surface area contributed by atoms with E-state index in [4.69, 9.17) is 4.55 Å². The van der Waals surface area contributed by atoms with Crippen LogP contribution in [-0.4, -0.2) is 30.4 Å². The summed E-state index contributed by atoms with van der Waals surface area (Å²) in [6.07, 6.45) is -12.4. The van der Waals surface area contributed by atoms with E-state index in [-0.39, 0.29) is 16.8 Å². The lowest BCUT2D eigenvalue weighted by Crippen LogP contribution is -2.54. The van der Waals surface area contributed by atoms with E-state index in [0.29, 0.717) is 6.07 Å². The van der Waals surface area contributed by atoms with Gasteiger partial charge in [0.15, 0.2) is 0 Å². The lowest BCUT2D eigenvalue weighted by molar-refractivity contribution is -0.376. The average Bonchev–Trinajstić information content (AvgIpc) is 2.41.